The van der Waals surface area contributed by atoms with Gasteiger partial charge in [-0.05, 0) is 31.2 Å². The molecule has 0 aliphatic rings. The molecule has 1 heterocycles. The van der Waals surface area contributed by atoms with Crippen LogP contribution in [-0.4, -0.2) is 30.1 Å². The van der Waals surface area contributed by atoms with Gasteiger partial charge in [-0.2, -0.15) is 8.78 Å². The number of nitrogens with zero attached hydrogens (tertiary/aromatic N) is 1. The zero-order valence-electron chi connectivity index (χ0n) is 16.0. The Bertz CT molecular complexity index is 1040. The smallest absolute Gasteiger partial charge is 0.387 e. The molecule has 154 valence electrons. The number of pyridine rings is 1. The van der Waals surface area contributed by atoms with Gasteiger partial charge in [-0.25, -0.2) is 4.79 Å². The molecule has 2 aromatic carbocycles. The summed E-state index contributed by atoms with van der Waals surface area (Å²) in [4.78, 5) is 28.8. The van der Waals surface area contributed by atoms with Crippen molar-refractivity contribution in [1.82, 2.24) is 4.98 Å². The molecule has 0 spiro atoms. The van der Waals surface area contributed by atoms with Gasteiger partial charge in [0.25, 0.3) is 5.91 Å². The van der Waals surface area contributed by atoms with E-state index in [1.165, 1.54) is 18.2 Å². The van der Waals surface area contributed by atoms with Gasteiger partial charge in [-0.1, -0.05) is 42.5 Å². The summed E-state index contributed by atoms with van der Waals surface area (Å²) in [6.45, 7) is -1.96. The first-order valence-corrected chi connectivity index (χ1v) is 8.98. The first-order valence-electron chi connectivity index (χ1n) is 8.98. The Kier molecular flexibility index (Phi) is 6.69. The number of anilines is 1. The molecule has 3 aromatic rings. The van der Waals surface area contributed by atoms with Gasteiger partial charge in [-0.15, -0.1) is 0 Å². The monoisotopic (exact) mass is 412 g/mol. The van der Waals surface area contributed by atoms with Crippen LogP contribution in [0.4, 0.5) is 14.5 Å². The van der Waals surface area contributed by atoms with E-state index in [1.54, 1.807) is 25.1 Å². The quantitative estimate of drug-likeness (QED) is 0.580. The van der Waals surface area contributed by atoms with Crippen LogP contribution >= 0.6 is 0 Å². The van der Waals surface area contributed by atoms with Gasteiger partial charge in [-0.3, -0.25) is 9.78 Å². The molecule has 1 amide bonds. The van der Waals surface area contributed by atoms with Crippen LogP contribution in [0.1, 0.15) is 16.1 Å². The first kappa shape index (κ1) is 20.9. The number of amides is 1. The van der Waals surface area contributed by atoms with Crippen molar-refractivity contribution < 1.29 is 27.8 Å². The third kappa shape index (κ3) is 5.38. The van der Waals surface area contributed by atoms with E-state index in [0.29, 0.717) is 11.4 Å². The lowest BCUT2D eigenvalue weighted by Gasteiger charge is -2.12. The number of hydrogen-bond acceptors (Lipinski definition) is 5. The van der Waals surface area contributed by atoms with Gasteiger partial charge in [0.15, 0.2) is 6.61 Å². The summed E-state index contributed by atoms with van der Waals surface area (Å²) in [5.41, 5.74) is 2.34. The molecule has 3 rings (SSSR count). The van der Waals surface area contributed by atoms with Crippen molar-refractivity contribution >= 4 is 17.6 Å². The van der Waals surface area contributed by atoms with Crippen LogP contribution in [0.2, 0.25) is 0 Å². The van der Waals surface area contributed by atoms with Crippen molar-refractivity contribution in [2.45, 2.75) is 13.5 Å². The Morgan fingerprint density at radius 1 is 1.00 bits per heavy atom. The number of aryl methyl sites for hydroxylation is 1. The lowest BCUT2D eigenvalue weighted by Crippen LogP contribution is -2.22. The zero-order chi connectivity index (χ0) is 21.5. The second-order valence-corrected chi connectivity index (χ2v) is 6.19. The van der Waals surface area contributed by atoms with Gasteiger partial charge in [0.2, 0.25) is 0 Å². The summed E-state index contributed by atoms with van der Waals surface area (Å²) in [6, 6.07) is 18.5. The van der Waals surface area contributed by atoms with Crippen molar-refractivity contribution in [2.24, 2.45) is 0 Å². The number of alkyl halides is 2. The molecule has 8 heteroatoms. The number of esters is 1. The summed E-state index contributed by atoms with van der Waals surface area (Å²) in [5.74, 6) is -1.60. The van der Waals surface area contributed by atoms with E-state index in [4.69, 9.17) is 4.74 Å². The van der Waals surface area contributed by atoms with Crippen LogP contribution < -0.4 is 10.1 Å². The average Bonchev–Trinajstić information content (AvgIpc) is 2.73. The summed E-state index contributed by atoms with van der Waals surface area (Å²) < 4.78 is 34.3. The molecule has 0 fully saturated rings. The summed E-state index contributed by atoms with van der Waals surface area (Å²) in [5, 5.41) is 2.38. The Morgan fingerprint density at radius 2 is 1.70 bits per heavy atom. The predicted octanol–water partition coefficient (Wildman–Crippen LogP) is 4.45. The fourth-order valence-corrected chi connectivity index (χ4v) is 2.71. The average molecular weight is 412 g/mol. The maximum Gasteiger partial charge on any atom is 0.387 e. The standard InChI is InChI=1S/C22H18F2N2O4/c1-14-16(11-12-17(25-14)15-7-3-2-4-8-15)21(28)29-13-20(27)26-18-9-5-6-10-19(18)30-22(23)24/h2-12,22H,13H2,1H3,(H,26,27). The van der Waals surface area contributed by atoms with E-state index in [2.05, 4.69) is 15.0 Å². The highest BCUT2D eigenvalue weighted by atomic mass is 19.3. The van der Waals surface area contributed by atoms with Gasteiger partial charge in [0.05, 0.1) is 22.6 Å². The molecule has 0 aliphatic carbocycles. The normalized spacial score (nSPS) is 10.5. The number of aromatic nitrogens is 1. The number of ether oxygens (including phenoxy) is 2. The molecular formula is C22H18F2N2O4. The molecule has 0 radical (unpaired) electrons. The van der Waals surface area contributed by atoms with Gasteiger partial charge in [0, 0.05) is 5.56 Å². The van der Waals surface area contributed by atoms with Gasteiger partial charge >= 0.3 is 12.6 Å². The number of benzene rings is 2. The summed E-state index contributed by atoms with van der Waals surface area (Å²) >= 11 is 0. The number of carbonyl (C=O) groups excluding carboxylic acids is 2. The van der Waals surface area contributed by atoms with E-state index in [9.17, 15) is 18.4 Å². The van der Waals surface area contributed by atoms with Gasteiger partial charge in [0.1, 0.15) is 5.75 Å². The maximum atomic E-state index is 12.4. The summed E-state index contributed by atoms with van der Waals surface area (Å²) in [6.07, 6.45) is 0. The number of nitrogens with one attached hydrogen (secondary N) is 1. The molecule has 6 nitrogen and oxygen atoms in total. The third-order valence-electron chi connectivity index (χ3n) is 4.09. The Morgan fingerprint density at radius 3 is 2.40 bits per heavy atom. The SMILES string of the molecule is Cc1nc(-c2ccccc2)ccc1C(=O)OCC(=O)Nc1ccccc1OC(F)F. The number of rotatable bonds is 7. The molecule has 0 unspecified atom stereocenters. The van der Waals surface area contributed by atoms with Crippen LogP contribution in [0.15, 0.2) is 66.7 Å². The zero-order valence-corrected chi connectivity index (χ0v) is 16.0. The Hall–Kier alpha value is -3.81. The summed E-state index contributed by atoms with van der Waals surface area (Å²) in [7, 11) is 0. The second-order valence-electron chi connectivity index (χ2n) is 6.19. The molecule has 0 saturated heterocycles. The molecule has 30 heavy (non-hydrogen) atoms. The highest BCUT2D eigenvalue weighted by Gasteiger charge is 2.16. The molecule has 1 aromatic heterocycles. The lowest BCUT2D eigenvalue weighted by atomic mass is 10.1. The molecule has 0 bridgehead atoms. The van der Waals surface area contributed by atoms with E-state index in [1.807, 2.05) is 30.3 Å². The largest absolute Gasteiger partial charge is 0.452 e. The van der Waals surface area contributed by atoms with Crippen molar-refractivity contribution in [3.05, 3.63) is 78.0 Å². The van der Waals surface area contributed by atoms with Crippen LogP contribution in [0, 0.1) is 6.92 Å². The highest BCUT2D eigenvalue weighted by molar-refractivity contribution is 5.96. The molecule has 0 atom stereocenters. The minimum atomic E-state index is -3.03. The van der Waals surface area contributed by atoms with E-state index >= 15 is 0 Å². The molecule has 0 saturated carbocycles. The Balaban J connectivity index is 1.61. The minimum absolute atomic E-state index is 0.0453. The van der Waals surface area contributed by atoms with Crippen molar-refractivity contribution in [3.63, 3.8) is 0 Å². The van der Waals surface area contributed by atoms with Gasteiger partial charge < -0.3 is 14.8 Å². The second kappa shape index (κ2) is 9.60. The lowest BCUT2D eigenvalue weighted by molar-refractivity contribution is -0.119. The van der Waals surface area contributed by atoms with Crippen LogP contribution in [0.3, 0.4) is 0 Å². The van der Waals surface area contributed by atoms with Crippen molar-refractivity contribution in [3.8, 4) is 17.0 Å². The van der Waals surface area contributed by atoms with E-state index < -0.39 is 25.1 Å². The van der Waals surface area contributed by atoms with Crippen molar-refractivity contribution in [2.75, 3.05) is 11.9 Å². The van der Waals surface area contributed by atoms with E-state index in [-0.39, 0.29) is 17.0 Å². The molecular weight excluding hydrogens is 394 g/mol. The topological polar surface area (TPSA) is 77.5 Å². The van der Waals surface area contributed by atoms with Crippen LogP contribution in [0.25, 0.3) is 11.3 Å². The fraction of sp³-hybridized carbons (Fsp3) is 0.136. The number of halogens is 2. The molecule has 0 aliphatic heterocycles. The van der Waals surface area contributed by atoms with Crippen molar-refractivity contribution in [1.29, 1.82) is 0 Å². The minimum Gasteiger partial charge on any atom is -0.452 e. The number of para-hydroxylation sites is 2. The predicted molar refractivity (Wildman–Crippen MR) is 106 cm³/mol. The number of carbonyl (C=O) groups is 2. The first-order chi connectivity index (χ1) is 14.4. The Labute approximate surface area is 171 Å². The van der Waals surface area contributed by atoms with Crippen LogP contribution in [0.5, 0.6) is 5.75 Å². The number of hydrogen-bond donors (Lipinski definition) is 1. The molecule has 1 N–H and O–H groups in total. The highest BCUT2D eigenvalue weighted by Crippen LogP contribution is 2.25. The fourth-order valence-electron chi connectivity index (χ4n) is 2.71. The van der Waals surface area contributed by atoms with Crippen LogP contribution in [-0.2, 0) is 9.53 Å². The van der Waals surface area contributed by atoms with E-state index in [0.717, 1.165) is 5.56 Å². The maximum absolute atomic E-state index is 12.4. The third-order valence-corrected chi connectivity index (χ3v) is 4.09.